The van der Waals surface area contributed by atoms with Crippen molar-refractivity contribution in [1.82, 2.24) is 10.2 Å². The van der Waals surface area contributed by atoms with Gasteiger partial charge in [-0.1, -0.05) is 72.8 Å². The topological polar surface area (TPSA) is 137 Å². The van der Waals surface area contributed by atoms with Crippen molar-refractivity contribution < 1.29 is 24.0 Å². The molecule has 10 heteroatoms. The van der Waals surface area contributed by atoms with Gasteiger partial charge in [-0.2, -0.15) is 0 Å². The molecule has 252 valence electrons. The molecule has 0 saturated carbocycles. The number of ether oxygens (including phenoxy) is 2. The Morgan fingerprint density at radius 3 is 2.12 bits per heavy atom. The summed E-state index contributed by atoms with van der Waals surface area (Å²) in [5.74, 6) is -2.28. The van der Waals surface area contributed by atoms with Gasteiger partial charge < -0.3 is 25.4 Å². The molecule has 1 atom stereocenters. The summed E-state index contributed by atoms with van der Waals surface area (Å²) >= 11 is 0. The van der Waals surface area contributed by atoms with Crippen molar-refractivity contribution in [2.75, 3.05) is 32.8 Å². The predicted octanol–water partition coefficient (Wildman–Crippen LogP) is 6.08. The molecule has 0 bridgehead atoms. The maximum absolute atomic E-state index is 13.5. The number of non-ortho nitro benzene ring substituents is 1. The van der Waals surface area contributed by atoms with Crippen LogP contribution in [0.2, 0.25) is 0 Å². The number of nitro groups is 1. The number of carbonyl (C=O) groups excluding carboxylic acids is 2. The molecule has 2 aliphatic rings. The number of unbranched alkanes of at least 4 members (excludes halogenated alkanes) is 2. The summed E-state index contributed by atoms with van der Waals surface area (Å²) in [6.07, 6.45) is 4.66. The first-order valence-corrected chi connectivity index (χ1v) is 16.6. The van der Waals surface area contributed by atoms with Crippen molar-refractivity contribution in [1.29, 1.82) is 0 Å². The van der Waals surface area contributed by atoms with E-state index in [1.54, 1.807) is 19.9 Å². The number of dihydropyridines is 1. The smallest absolute Gasteiger partial charge is 0.338 e. The second-order valence-electron chi connectivity index (χ2n) is 12.3. The Balaban J connectivity index is 1.17. The molecule has 0 amide bonds. The van der Waals surface area contributed by atoms with Crippen molar-refractivity contribution in [3.05, 3.63) is 134 Å². The first-order valence-electron chi connectivity index (χ1n) is 16.6. The van der Waals surface area contributed by atoms with Crippen molar-refractivity contribution in [3.8, 4) is 0 Å². The molecule has 1 unspecified atom stereocenters. The van der Waals surface area contributed by atoms with Crippen molar-refractivity contribution in [2.24, 2.45) is 5.73 Å². The minimum atomic E-state index is -0.990. The van der Waals surface area contributed by atoms with Crippen molar-refractivity contribution >= 4 is 17.6 Å². The average Bonchev–Trinajstić information content (AvgIpc) is 3.10. The molecule has 0 aromatic heterocycles. The molecular weight excluding hydrogens is 608 g/mol. The van der Waals surface area contributed by atoms with Gasteiger partial charge in [-0.05, 0) is 82.3 Å². The third-order valence-electron chi connectivity index (χ3n) is 9.44. The van der Waals surface area contributed by atoms with Gasteiger partial charge in [-0.3, -0.25) is 10.1 Å². The van der Waals surface area contributed by atoms with E-state index < -0.39 is 22.8 Å². The molecule has 48 heavy (non-hydrogen) atoms. The summed E-state index contributed by atoms with van der Waals surface area (Å²) in [5, 5.41) is 14.4. The summed E-state index contributed by atoms with van der Waals surface area (Å²) in [6, 6.07) is 27.5. The van der Waals surface area contributed by atoms with Gasteiger partial charge in [0.25, 0.3) is 5.69 Å². The van der Waals surface area contributed by atoms with E-state index in [1.807, 2.05) is 0 Å². The van der Waals surface area contributed by atoms with Gasteiger partial charge in [0.15, 0.2) is 0 Å². The summed E-state index contributed by atoms with van der Waals surface area (Å²) in [6.45, 7) is 6.63. The van der Waals surface area contributed by atoms with E-state index >= 15 is 0 Å². The maximum Gasteiger partial charge on any atom is 0.338 e. The van der Waals surface area contributed by atoms with E-state index in [4.69, 9.17) is 15.2 Å². The second-order valence-corrected chi connectivity index (χ2v) is 12.3. The van der Waals surface area contributed by atoms with Gasteiger partial charge in [0.1, 0.15) is 5.82 Å². The van der Waals surface area contributed by atoms with Crippen LogP contribution in [0.5, 0.6) is 0 Å². The Morgan fingerprint density at radius 2 is 1.52 bits per heavy atom. The zero-order valence-electron chi connectivity index (χ0n) is 27.7. The summed E-state index contributed by atoms with van der Waals surface area (Å²) in [4.78, 5) is 40.1. The number of esters is 2. The van der Waals surface area contributed by atoms with E-state index in [0.717, 1.165) is 45.3 Å². The standard InChI is InChI=1S/C38H44N4O6/c1-3-47-37(44)34-33(28-14-13-19-31(26-28)42(45)46)32(27(2)40-35(34)39)36(43)48-25-12-6-11-22-41-23-20-38(21-24-41,29-15-7-4-8-16-29)30-17-9-5-10-18-30/h4-5,7-10,13-19,26,33,40H,3,6,11-12,20-25,39H2,1-2H3. The Labute approximate surface area is 281 Å². The van der Waals surface area contributed by atoms with Gasteiger partial charge in [0, 0.05) is 23.2 Å². The maximum atomic E-state index is 13.5. The lowest BCUT2D eigenvalue weighted by molar-refractivity contribution is -0.384. The van der Waals surface area contributed by atoms with Gasteiger partial charge >= 0.3 is 11.9 Å². The van der Waals surface area contributed by atoms with Gasteiger partial charge in [-0.15, -0.1) is 0 Å². The molecule has 0 aliphatic carbocycles. The zero-order chi connectivity index (χ0) is 34.1. The summed E-state index contributed by atoms with van der Waals surface area (Å²) < 4.78 is 11.0. The van der Waals surface area contributed by atoms with E-state index in [9.17, 15) is 19.7 Å². The number of piperidine rings is 1. The molecule has 0 radical (unpaired) electrons. The van der Waals surface area contributed by atoms with Crippen LogP contribution in [0.1, 0.15) is 68.6 Å². The Kier molecular flexibility index (Phi) is 11.3. The van der Waals surface area contributed by atoms with Crippen LogP contribution in [0, 0.1) is 10.1 Å². The van der Waals surface area contributed by atoms with Crippen LogP contribution in [-0.2, 0) is 24.5 Å². The van der Waals surface area contributed by atoms with Crippen LogP contribution >= 0.6 is 0 Å². The number of likely N-dealkylation sites (tertiary alicyclic amines) is 1. The summed E-state index contributed by atoms with van der Waals surface area (Å²) in [7, 11) is 0. The number of allylic oxidation sites excluding steroid dienone is 1. The Hall–Kier alpha value is -4.96. The molecule has 0 spiro atoms. The van der Waals surface area contributed by atoms with E-state index in [-0.39, 0.29) is 41.3 Å². The second kappa shape index (κ2) is 15.8. The number of carbonyl (C=O) groups is 2. The zero-order valence-corrected chi connectivity index (χ0v) is 27.7. The molecule has 2 heterocycles. The highest BCUT2D eigenvalue weighted by Gasteiger charge is 2.40. The molecular formula is C38H44N4O6. The van der Waals surface area contributed by atoms with Crippen LogP contribution in [0.25, 0.3) is 0 Å². The van der Waals surface area contributed by atoms with Crippen LogP contribution in [0.3, 0.4) is 0 Å². The first kappa shape index (κ1) is 34.4. The highest BCUT2D eigenvalue weighted by molar-refractivity contribution is 5.99. The number of benzene rings is 3. The third-order valence-corrected chi connectivity index (χ3v) is 9.44. The normalized spacial score (nSPS) is 17.8. The lowest BCUT2D eigenvalue weighted by atomic mass is 9.68. The van der Waals surface area contributed by atoms with Crippen LogP contribution in [0.15, 0.2) is 108 Å². The SMILES string of the molecule is CCOC(=O)C1=C(N)NC(C)=C(C(=O)OCCCCCN2CCC(c3ccccc3)(c3ccccc3)CC2)C1c1cccc([N+](=O)[O-])c1. The van der Waals surface area contributed by atoms with Crippen molar-refractivity contribution in [3.63, 3.8) is 0 Å². The van der Waals surface area contributed by atoms with Crippen molar-refractivity contribution in [2.45, 2.75) is 57.3 Å². The highest BCUT2D eigenvalue weighted by Crippen LogP contribution is 2.42. The minimum Gasteiger partial charge on any atom is -0.463 e. The number of hydrogen-bond donors (Lipinski definition) is 2. The average molecular weight is 653 g/mol. The number of nitro benzene ring substituents is 1. The van der Waals surface area contributed by atoms with E-state index in [2.05, 4.69) is 70.9 Å². The Morgan fingerprint density at radius 1 is 0.896 bits per heavy atom. The van der Waals surface area contributed by atoms with Crippen LogP contribution in [-0.4, -0.2) is 54.6 Å². The quantitative estimate of drug-likeness (QED) is 0.0973. The molecule has 1 fully saturated rings. The largest absolute Gasteiger partial charge is 0.463 e. The van der Waals surface area contributed by atoms with E-state index in [1.165, 1.54) is 29.3 Å². The van der Waals surface area contributed by atoms with Gasteiger partial charge in [-0.25, -0.2) is 9.59 Å². The first-order chi connectivity index (χ1) is 23.2. The number of nitrogens with zero attached hydrogens (tertiary/aromatic N) is 2. The fourth-order valence-electron chi connectivity index (χ4n) is 6.99. The van der Waals surface area contributed by atoms with E-state index in [0.29, 0.717) is 17.7 Å². The Bertz CT molecular complexity index is 1620. The molecule has 3 N–H and O–H groups in total. The summed E-state index contributed by atoms with van der Waals surface area (Å²) in [5.41, 5.74) is 9.78. The predicted molar refractivity (Wildman–Crippen MR) is 184 cm³/mol. The monoisotopic (exact) mass is 652 g/mol. The third kappa shape index (κ3) is 7.60. The lowest BCUT2D eigenvalue weighted by Gasteiger charge is -2.43. The van der Waals surface area contributed by atoms with Gasteiger partial charge in [0.05, 0.1) is 35.2 Å². The molecule has 5 rings (SSSR count). The lowest BCUT2D eigenvalue weighted by Crippen LogP contribution is -2.43. The number of nitrogens with two attached hydrogens (primary N) is 1. The minimum absolute atomic E-state index is 0.0139. The highest BCUT2D eigenvalue weighted by atomic mass is 16.6. The van der Waals surface area contributed by atoms with Crippen LogP contribution < -0.4 is 11.1 Å². The molecule has 10 nitrogen and oxygen atoms in total. The number of nitrogens with one attached hydrogen (secondary N) is 1. The molecule has 1 saturated heterocycles. The number of hydrogen-bond acceptors (Lipinski definition) is 9. The molecule has 2 aliphatic heterocycles. The van der Waals surface area contributed by atoms with Gasteiger partial charge in [0.2, 0.25) is 0 Å². The molecule has 3 aromatic rings. The fraction of sp³-hybridized carbons (Fsp3) is 0.368. The number of rotatable bonds is 13. The fourth-order valence-corrected chi connectivity index (χ4v) is 6.99. The molecule has 3 aromatic carbocycles. The van der Waals surface area contributed by atoms with Crippen LogP contribution in [0.4, 0.5) is 5.69 Å².